The van der Waals surface area contributed by atoms with Crippen LogP contribution < -0.4 is 5.32 Å². The van der Waals surface area contributed by atoms with Crippen LogP contribution in [0.15, 0.2) is 29.3 Å². The molecule has 1 saturated heterocycles. The van der Waals surface area contributed by atoms with Crippen molar-refractivity contribution in [3.63, 3.8) is 0 Å². The Balaban J connectivity index is 1.36. The van der Waals surface area contributed by atoms with Crippen LogP contribution in [-0.4, -0.2) is 47.3 Å². The maximum absolute atomic E-state index is 5.53. The van der Waals surface area contributed by atoms with E-state index in [1.165, 1.54) is 36.4 Å². The van der Waals surface area contributed by atoms with Gasteiger partial charge in [0, 0.05) is 47.7 Å². The number of aliphatic imine (C=N–C) groups is 1. The third-order valence-electron chi connectivity index (χ3n) is 7.50. The zero-order chi connectivity index (χ0) is 23.4. The number of methoxy groups -OCH3 is 1. The highest BCUT2D eigenvalue weighted by Gasteiger charge is 2.47. The lowest BCUT2D eigenvalue weighted by atomic mass is 9.59. The summed E-state index contributed by atoms with van der Waals surface area (Å²) in [6, 6.07) is 8.34. The lowest BCUT2D eigenvalue weighted by molar-refractivity contribution is 0.0266. The van der Waals surface area contributed by atoms with Crippen LogP contribution in [0.5, 0.6) is 0 Å². The molecule has 34 heavy (non-hydrogen) atoms. The standard InChI is InChI=1S/C27H29N5OS/c1-16-17(2)34-26-23(16)24(29-22(13-33-4)25-31-30-18(3)32(25)26)21-9-7-19(8-10-21)5-6-20-11-27(12-20)14-28-15-27/h7-10,20,22,28H,11-15H2,1-4H3/t22-/m0/s1. The van der Waals surface area contributed by atoms with Gasteiger partial charge < -0.3 is 10.1 Å². The van der Waals surface area contributed by atoms with Crippen molar-refractivity contribution in [3.05, 3.63) is 63.0 Å². The topological polar surface area (TPSA) is 64.3 Å². The zero-order valence-corrected chi connectivity index (χ0v) is 20.9. The summed E-state index contributed by atoms with van der Waals surface area (Å²) < 4.78 is 7.68. The second-order valence-corrected chi connectivity index (χ2v) is 11.1. The van der Waals surface area contributed by atoms with Gasteiger partial charge in [-0.05, 0) is 56.7 Å². The van der Waals surface area contributed by atoms with Crippen molar-refractivity contribution in [3.8, 4) is 16.8 Å². The van der Waals surface area contributed by atoms with Crippen molar-refractivity contribution in [1.29, 1.82) is 0 Å². The number of aromatic nitrogens is 3. The van der Waals surface area contributed by atoms with Crippen molar-refractivity contribution in [1.82, 2.24) is 20.1 Å². The van der Waals surface area contributed by atoms with E-state index < -0.39 is 0 Å². The third-order valence-corrected chi connectivity index (χ3v) is 8.69. The predicted octanol–water partition coefficient (Wildman–Crippen LogP) is 4.14. The fourth-order valence-electron chi connectivity index (χ4n) is 5.41. The number of thiophene rings is 1. The van der Waals surface area contributed by atoms with Gasteiger partial charge in [-0.1, -0.05) is 24.0 Å². The van der Waals surface area contributed by atoms with Crippen LogP contribution in [0.3, 0.4) is 0 Å². The Morgan fingerprint density at radius 3 is 2.59 bits per heavy atom. The van der Waals surface area contributed by atoms with Crippen molar-refractivity contribution in [2.24, 2.45) is 16.3 Å². The summed E-state index contributed by atoms with van der Waals surface area (Å²) in [5, 5.41) is 13.4. The molecule has 1 saturated carbocycles. The Bertz CT molecular complexity index is 1340. The van der Waals surface area contributed by atoms with Crippen molar-refractivity contribution >= 4 is 17.0 Å². The summed E-state index contributed by atoms with van der Waals surface area (Å²) in [5.74, 6) is 9.15. The monoisotopic (exact) mass is 471 g/mol. The molecule has 1 atom stereocenters. The van der Waals surface area contributed by atoms with Gasteiger partial charge in [0.25, 0.3) is 0 Å². The molecule has 6 nitrogen and oxygen atoms in total. The first-order valence-corrected chi connectivity index (χ1v) is 12.7. The fourth-order valence-corrected chi connectivity index (χ4v) is 6.62. The molecule has 0 unspecified atom stereocenters. The van der Waals surface area contributed by atoms with E-state index in [-0.39, 0.29) is 6.04 Å². The molecule has 7 heteroatoms. The van der Waals surface area contributed by atoms with Gasteiger partial charge in [0.15, 0.2) is 5.82 Å². The highest BCUT2D eigenvalue weighted by Crippen LogP contribution is 2.48. The molecule has 2 aliphatic heterocycles. The van der Waals surface area contributed by atoms with Gasteiger partial charge in [0.05, 0.1) is 12.3 Å². The van der Waals surface area contributed by atoms with Gasteiger partial charge in [-0.25, -0.2) is 0 Å². The molecule has 1 aliphatic carbocycles. The van der Waals surface area contributed by atoms with Gasteiger partial charge in [-0.3, -0.25) is 9.56 Å². The Morgan fingerprint density at radius 1 is 1.15 bits per heavy atom. The van der Waals surface area contributed by atoms with Gasteiger partial charge >= 0.3 is 0 Å². The van der Waals surface area contributed by atoms with E-state index >= 15 is 0 Å². The second kappa shape index (κ2) is 8.16. The molecule has 2 aromatic heterocycles. The number of rotatable bonds is 3. The molecule has 3 aromatic rings. The van der Waals surface area contributed by atoms with Crippen LogP contribution in [0.25, 0.3) is 5.00 Å². The van der Waals surface area contributed by atoms with Crippen molar-refractivity contribution < 1.29 is 4.74 Å². The van der Waals surface area contributed by atoms with Crippen LogP contribution in [0.2, 0.25) is 0 Å². The van der Waals surface area contributed by atoms with E-state index in [0.29, 0.717) is 17.9 Å². The molecule has 1 spiro atoms. The Kier molecular flexibility index (Phi) is 5.21. The Morgan fingerprint density at radius 2 is 1.91 bits per heavy atom. The smallest absolute Gasteiger partial charge is 0.165 e. The summed E-state index contributed by atoms with van der Waals surface area (Å²) in [7, 11) is 1.71. The van der Waals surface area contributed by atoms with E-state index in [1.807, 2.05) is 6.92 Å². The fraction of sp³-hybridized carbons (Fsp3) is 0.444. The van der Waals surface area contributed by atoms with E-state index in [4.69, 9.17) is 9.73 Å². The number of nitrogens with one attached hydrogen (secondary N) is 1. The molecule has 0 radical (unpaired) electrons. The summed E-state index contributed by atoms with van der Waals surface area (Å²) in [5.41, 5.74) is 6.12. The van der Waals surface area contributed by atoms with Gasteiger partial charge in [0.1, 0.15) is 16.9 Å². The maximum Gasteiger partial charge on any atom is 0.165 e. The van der Waals surface area contributed by atoms with Crippen LogP contribution in [0.4, 0.5) is 0 Å². The summed E-state index contributed by atoms with van der Waals surface area (Å²) in [6.45, 7) is 9.14. The molecule has 1 N–H and O–H groups in total. The minimum Gasteiger partial charge on any atom is -0.382 e. The van der Waals surface area contributed by atoms with E-state index in [9.17, 15) is 0 Å². The lowest BCUT2D eigenvalue weighted by Crippen LogP contribution is -2.59. The molecular formula is C27H29N5OS. The first kappa shape index (κ1) is 21.7. The SMILES string of the molecule is COC[C@@H]1N=C(c2ccc(C#CC3CC4(CNC4)C3)cc2)c2c(sc(C)c2C)-n2c(C)nnc21. The highest BCUT2D eigenvalue weighted by molar-refractivity contribution is 7.15. The quantitative estimate of drug-likeness (QED) is 0.583. The normalized spacial score (nSPS) is 20.4. The number of aryl methyl sites for hydroxylation is 2. The van der Waals surface area contributed by atoms with Crippen LogP contribution >= 0.6 is 11.3 Å². The molecule has 0 bridgehead atoms. The van der Waals surface area contributed by atoms with Crippen molar-refractivity contribution in [2.75, 3.05) is 26.8 Å². The minimum atomic E-state index is -0.216. The number of fused-ring (bicyclic) bond motifs is 3. The number of hydrogen-bond donors (Lipinski definition) is 1. The predicted molar refractivity (Wildman–Crippen MR) is 135 cm³/mol. The van der Waals surface area contributed by atoms with E-state index in [2.05, 4.69) is 70.0 Å². The van der Waals surface area contributed by atoms with Gasteiger partial charge in [-0.15, -0.1) is 21.5 Å². The Labute approximate surface area is 204 Å². The van der Waals surface area contributed by atoms with Gasteiger partial charge in [-0.2, -0.15) is 0 Å². The number of nitrogens with zero attached hydrogens (tertiary/aromatic N) is 4. The van der Waals surface area contributed by atoms with Crippen LogP contribution in [0.1, 0.15) is 57.7 Å². The number of ether oxygens (including phenoxy) is 1. The molecule has 3 aliphatic rings. The first-order valence-electron chi connectivity index (χ1n) is 11.9. The molecular weight excluding hydrogens is 442 g/mol. The minimum absolute atomic E-state index is 0.216. The average Bonchev–Trinajstić information content (AvgIpc) is 3.24. The van der Waals surface area contributed by atoms with E-state index in [1.54, 1.807) is 18.4 Å². The van der Waals surface area contributed by atoms with Gasteiger partial charge in [0.2, 0.25) is 0 Å². The second-order valence-electron chi connectivity index (χ2n) is 9.91. The molecule has 2 fully saturated rings. The number of benzene rings is 1. The molecule has 174 valence electrons. The lowest BCUT2D eigenvalue weighted by Gasteiger charge is -2.53. The molecule has 4 heterocycles. The third kappa shape index (κ3) is 3.44. The summed E-state index contributed by atoms with van der Waals surface area (Å²) in [6.07, 6.45) is 2.48. The van der Waals surface area contributed by atoms with Crippen LogP contribution in [-0.2, 0) is 4.74 Å². The molecule has 0 amide bonds. The largest absolute Gasteiger partial charge is 0.382 e. The van der Waals surface area contributed by atoms with Crippen LogP contribution in [0, 0.1) is 43.9 Å². The zero-order valence-electron chi connectivity index (χ0n) is 20.1. The molecule has 1 aromatic carbocycles. The van der Waals surface area contributed by atoms with E-state index in [0.717, 1.165) is 39.1 Å². The number of hydrogen-bond acceptors (Lipinski definition) is 6. The molecule has 6 rings (SSSR count). The summed E-state index contributed by atoms with van der Waals surface area (Å²) in [4.78, 5) is 6.48. The van der Waals surface area contributed by atoms with Crippen molar-refractivity contribution in [2.45, 2.75) is 39.7 Å². The highest BCUT2D eigenvalue weighted by atomic mass is 32.1. The average molecular weight is 472 g/mol. The first-order chi connectivity index (χ1) is 16.5. The maximum atomic E-state index is 5.53. The Hall–Kier alpha value is -2.79. The summed E-state index contributed by atoms with van der Waals surface area (Å²) >= 11 is 1.77.